The van der Waals surface area contributed by atoms with E-state index in [0.29, 0.717) is 19.4 Å². The molecule has 1 aromatic heterocycles. The van der Waals surface area contributed by atoms with Crippen LogP contribution in [0.1, 0.15) is 32.4 Å². The number of nitrogens with one attached hydrogen (secondary N) is 1. The Balaban J connectivity index is 2.67. The number of nitrogens with zero attached hydrogens (tertiary/aromatic N) is 2. The minimum absolute atomic E-state index is 0.328. The Morgan fingerprint density at radius 2 is 2.15 bits per heavy atom. The Morgan fingerprint density at radius 3 is 2.65 bits per heavy atom. The molecule has 0 aliphatic rings. The number of carbonyl (C=O) groups is 2. The van der Waals surface area contributed by atoms with Crippen LogP contribution in [-0.2, 0) is 11.3 Å². The first-order chi connectivity index (χ1) is 9.39. The average Bonchev–Trinajstić information content (AvgIpc) is 2.39. The number of amides is 2. The number of aliphatic carboxylic acids is 1. The SMILES string of the molecule is CCCC(C)(NC(=O)N(C)Cc1ccccn1)C(=O)O. The monoisotopic (exact) mass is 279 g/mol. The largest absolute Gasteiger partial charge is 0.480 e. The van der Waals surface area contributed by atoms with Crippen LogP contribution in [0.3, 0.4) is 0 Å². The van der Waals surface area contributed by atoms with Crippen molar-refractivity contribution < 1.29 is 14.7 Å². The van der Waals surface area contributed by atoms with E-state index in [1.807, 2.05) is 19.1 Å². The molecule has 1 unspecified atom stereocenters. The Hall–Kier alpha value is -2.11. The fourth-order valence-electron chi connectivity index (χ4n) is 1.86. The predicted octanol–water partition coefficient (Wildman–Crippen LogP) is 1.87. The number of carboxylic acids is 1. The molecule has 2 N–H and O–H groups in total. The van der Waals surface area contributed by atoms with Gasteiger partial charge in [0.05, 0.1) is 12.2 Å². The van der Waals surface area contributed by atoms with E-state index in [4.69, 9.17) is 0 Å². The number of hydrogen-bond donors (Lipinski definition) is 2. The van der Waals surface area contributed by atoms with E-state index in [-0.39, 0.29) is 0 Å². The molecule has 6 nitrogen and oxygen atoms in total. The number of rotatable bonds is 6. The van der Waals surface area contributed by atoms with Crippen molar-refractivity contribution in [1.29, 1.82) is 0 Å². The molecule has 110 valence electrons. The van der Waals surface area contributed by atoms with Crippen LogP contribution in [0.2, 0.25) is 0 Å². The highest BCUT2D eigenvalue weighted by atomic mass is 16.4. The summed E-state index contributed by atoms with van der Waals surface area (Å²) in [6.07, 6.45) is 2.71. The van der Waals surface area contributed by atoms with E-state index in [9.17, 15) is 14.7 Å². The van der Waals surface area contributed by atoms with Gasteiger partial charge in [-0.05, 0) is 25.5 Å². The minimum atomic E-state index is -1.25. The van der Waals surface area contributed by atoms with Crippen molar-refractivity contribution in [2.75, 3.05) is 7.05 Å². The lowest BCUT2D eigenvalue weighted by molar-refractivity contribution is -0.144. The first-order valence-corrected chi connectivity index (χ1v) is 6.55. The molecule has 1 aromatic rings. The van der Waals surface area contributed by atoms with E-state index in [0.717, 1.165) is 5.69 Å². The van der Waals surface area contributed by atoms with Crippen LogP contribution >= 0.6 is 0 Å². The van der Waals surface area contributed by atoms with Crippen molar-refractivity contribution in [2.45, 2.75) is 38.8 Å². The summed E-state index contributed by atoms with van der Waals surface area (Å²) in [5.41, 5.74) is -0.498. The Kier molecular flexibility index (Phi) is 5.49. The summed E-state index contributed by atoms with van der Waals surface area (Å²) in [5, 5.41) is 11.8. The third kappa shape index (κ3) is 4.22. The van der Waals surface area contributed by atoms with Crippen LogP contribution in [0.25, 0.3) is 0 Å². The molecular weight excluding hydrogens is 258 g/mol. The number of urea groups is 1. The van der Waals surface area contributed by atoms with E-state index in [1.165, 1.54) is 11.8 Å². The van der Waals surface area contributed by atoms with Gasteiger partial charge in [0.2, 0.25) is 0 Å². The van der Waals surface area contributed by atoms with Crippen molar-refractivity contribution in [3.63, 3.8) is 0 Å². The Morgan fingerprint density at radius 1 is 1.45 bits per heavy atom. The lowest BCUT2D eigenvalue weighted by Gasteiger charge is -2.28. The normalized spacial score (nSPS) is 13.3. The second-order valence-corrected chi connectivity index (χ2v) is 4.99. The zero-order valence-corrected chi connectivity index (χ0v) is 12.1. The number of carboxylic acid groups (broad SMARTS) is 1. The van der Waals surface area contributed by atoms with Crippen molar-refractivity contribution in [3.8, 4) is 0 Å². The lowest BCUT2D eigenvalue weighted by atomic mass is 9.96. The molecule has 1 rings (SSSR count). The molecule has 2 amide bonds. The smallest absolute Gasteiger partial charge is 0.329 e. The van der Waals surface area contributed by atoms with Crippen molar-refractivity contribution in [2.24, 2.45) is 0 Å². The Bertz CT molecular complexity index is 464. The zero-order valence-electron chi connectivity index (χ0n) is 12.1. The molecule has 0 saturated carbocycles. The first-order valence-electron chi connectivity index (χ1n) is 6.55. The van der Waals surface area contributed by atoms with Gasteiger partial charge in [-0.1, -0.05) is 19.4 Å². The van der Waals surface area contributed by atoms with Crippen molar-refractivity contribution in [3.05, 3.63) is 30.1 Å². The van der Waals surface area contributed by atoms with Crippen molar-refractivity contribution >= 4 is 12.0 Å². The molecule has 0 spiro atoms. The molecule has 1 atom stereocenters. The van der Waals surface area contributed by atoms with E-state index in [1.54, 1.807) is 19.3 Å². The van der Waals surface area contributed by atoms with Crippen LogP contribution < -0.4 is 5.32 Å². The van der Waals surface area contributed by atoms with Gasteiger partial charge in [0, 0.05) is 13.2 Å². The third-order valence-electron chi connectivity index (χ3n) is 3.08. The van der Waals surface area contributed by atoms with Gasteiger partial charge >= 0.3 is 12.0 Å². The summed E-state index contributed by atoms with van der Waals surface area (Å²) in [5.74, 6) is -1.03. The molecule has 1 heterocycles. The molecule has 0 aliphatic carbocycles. The van der Waals surface area contributed by atoms with E-state index in [2.05, 4.69) is 10.3 Å². The fraction of sp³-hybridized carbons (Fsp3) is 0.500. The van der Waals surface area contributed by atoms with Gasteiger partial charge in [-0.25, -0.2) is 9.59 Å². The molecule has 20 heavy (non-hydrogen) atoms. The summed E-state index contributed by atoms with van der Waals surface area (Å²) in [6, 6.07) is 5.03. The summed E-state index contributed by atoms with van der Waals surface area (Å²) in [4.78, 5) is 28.9. The summed E-state index contributed by atoms with van der Waals surface area (Å²) >= 11 is 0. The average molecular weight is 279 g/mol. The molecule has 0 radical (unpaired) electrons. The van der Waals surface area contributed by atoms with Gasteiger partial charge in [-0.15, -0.1) is 0 Å². The molecule has 0 bridgehead atoms. The second kappa shape index (κ2) is 6.88. The molecule has 0 aliphatic heterocycles. The van der Waals surface area contributed by atoms with Crippen LogP contribution in [0.5, 0.6) is 0 Å². The van der Waals surface area contributed by atoms with E-state index >= 15 is 0 Å². The number of pyridine rings is 1. The molecule has 0 saturated heterocycles. The van der Waals surface area contributed by atoms with Crippen LogP contribution in [0.4, 0.5) is 4.79 Å². The number of hydrogen-bond acceptors (Lipinski definition) is 3. The highest BCUT2D eigenvalue weighted by Gasteiger charge is 2.34. The highest BCUT2D eigenvalue weighted by molar-refractivity contribution is 5.85. The maximum atomic E-state index is 12.1. The van der Waals surface area contributed by atoms with Crippen molar-refractivity contribution in [1.82, 2.24) is 15.2 Å². The molecule has 0 aromatic carbocycles. The molecule has 0 fully saturated rings. The lowest BCUT2D eigenvalue weighted by Crippen LogP contribution is -2.55. The quantitative estimate of drug-likeness (QED) is 0.832. The molecule has 6 heteroatoms. The standard InChI is InChI=1S/C14H21N3O3/c1-4-8-14(2,12(18)19)16-13(20)17(3)10-11-7-5-6-9-15-11/h5-7,9H,4,8,10H2,1-3H3,(H,16,20)(H,18,19). The van der Waals surface area contributed by atoms with Gasteiger partial charge in [0.15, 0.2) is 0 Å². The summed E-state index contributed by atoms with van der Waals surface area (Å²) in [7, 11) is 1.61. The van der Waals surface area contributed by atoms with Crippen LogP contribution in [0, 0.1) is 0 Å². The van der Waals surface area contributed by atoms with E-state index < -0.39 is 17.5 Å². The van der Waals surface area contributed by atoms with Gasteiger partial charge in [-0.2, -0.15) is 0 Å². The summed E-state index contributed by atoms with van der Waals surface area (Å²) in [6.45, 7) is 3.73. The van der Waals surface area contributed by atoms with Gasteiger partial charge < -0.3 is 15.3 Å². The minimum Gasteiger partial charge on any atom is -0.480 e. The fourth-order valence-corrected chi connectivity index (χ4v) is 1.86. The number of carbonyl (C=O) groups excluding carboxylic acids is 1. The third-order valence-corrected chi connectivity index (χ3v) is 3.08. The van der Waals surface area contributed by atoms with Gasteiger partial charge in [0.1, 0.15) is 5.54 Å². The molecular formula is C14H21N3O3. The van der Waals surface area contributed by atoms with Crippen LogP contribution in [-0.4, -0.2) is 39.6 Å². The van der Waals surface area contributed by atoms with Crippen LogP contribution in [0.15, 0.2) is 24.4 Å². The highest BCUT2D eigenvalue weighted by Crippen LogP contribution is 2.13. The maximum absolute atomic E-state index is 12.1. The Labute approximate surface area is 118 Å². The van der Waals surface area contributed by atoms with Gasteiger partial charge in [0.25, 0.3) is 0 Å². The summed E-state index contributed by atoms with van der Waals surface area (Å²) < 4.78 is 0. The maximum Gasteiger partial charge on any atom is 0.329 e. The number of aromatic nitrogens is 1. The predicted molar refractivity (Wildman–Crippen MR) is 75.2 cm³/mol. The van der Waals surface area contributed by atoms with Gasteiger partial charge in [-0.3, -0.25) is 4.98 Å². The first kappa shape index (κ1) is 15.9. The zero-order chi connectivity index (χ0) is 15.2. The topological polar surface area (TPSA) is 82.5 Å². The second-order valence-electron chi connectivity index (χ2n) is 4.99.